The molecular formula is C18H18N6O4S. The number of H-pyrrole nitrogens is 1. The lowest BCUT2D eigenvalue weighted by Gasteiger charge is -2.18. The Labute approximate surface area is 166 Å². The van der Waals surface area contributed by atoms with Crippen molar-refractivity contribution in [2.24, 2.45) is 0 Å². The van der Waals surface area contributed by atoms with Gasteiger partial charge >= 0.3 is 0 Å². The minimum Gasteiger partial charge on any atom is -0.459 e. The zero-order chi connectivity index (χ0) is 20.6. The molecule has 0 bridgehead atoms. The molecule has 3 aromatic heterocycles. The van der Waals surface area contributed by atoms with E-state index in [1.807, 2.05) is 0 Å². The van der Waals surface area contributed by atoms with Crippen LogP contribution in [-0.2, 0) is 10.0 Å². The van der Waals surface area contributed by atoms with Crippen molar-refractivity contribution in [1.82, 2.24) is 24.5 Å². The van der Waals surface area contributed by atoms with Gasteiger partial charge < -0.3 is 9.40 Å². The fourth-order valence-electron chi connectivity index (χ4n) is 3.05. The first-order chi connectivity index (χ1) is 13.9. The SMILES string of the molecule is CCN(CC)S(=O)(=O)c1ccc2[nH]c3nc(NC(=O)c4ccco4)nnc3c2c1. The number of furan rings is 1. The summed E-state index contributed by atoms with van der Waals surface area (Å²) in [4.78, 5) is 19.6. The van der Waals surface area contributed by atoms with Crippen LogP contribution in [0.25, 0.3) is 22.1 Å². The van der Waals surface area contributed by atoms with Gasteiger partial charge in [-0.25, -0.2) is 8.42 Å². The van der Waals surface area contributed by atoms with Crippen LogP contribution in [0.5, 0.6) is 0 Å². The molecule has 0 unspecified atom stereocenters. The summed E-state index contributed by atoms with van der Waals surface area (Å²) < 4.78 is 32.0. The maximum Gasteiger partial charge on any atom is 0.293 e. The Hall–Kier alpha value is -3.31. The lowest BCUT2D eigenvalue weighted by atomic mass is 10.2. The van der Waals surface area contributed by atoms with E-state index in [-0.39, 0.29) is 16.6 Å². The summed E-state index contributed by atoms with van der Waals surface area (Å²) in [5.41, 5.74) is 1.45. The molecule has 0 aliphatic rings. The summed E-state index contributed by atoms with van der Waals surface area (Å²) in [6.07, 6.45) is 1.39. The predicted molar refractivity (Wildman–Crippen MR) is 106 cm³/mol. The molecule has 0 radical (unpaired) electrons. The van der Waals surface area contributed by atoms with Crippen molar-refractivity contribution in [2.45, 2.75) is 18.7 Å². The molecule has 0 saturated heterocycles. The second-order valence-electron chi connectivity index (χ2n) is 6.19. The Kier molecular flexibility index (Phi) is 4.76. The molecule has 0 aliphatic carbocycles. The van der Waals surface area contributed by atoms with Crippen LogP contribution in [-0.4, -0.2) is 51.9 Å². The summed E-state index contributed by atoms with van der Waals surface area (Å²) in [6, 6.07) is 7.87. The van der Waals surface area contributed by atoms with Crippen molar-refractivity contribution in [3.63, 3.8) is 0 Å². The number of sulfonamides is 1. The normalized spacial score (nSPS) is 12.1. The van der Waals surface area contributed by atoms with E-state index in [1.54, 1.807) is 38.1 Å². The first-order valence-corrected chi connectivity index (χ1v) is 10.4. The number of anilines is 1. The average Bonchev–Trinajstić information content (AvgIpc) is 3.36. The third-order valence-electron chi connectivity index (χ3n) is 4.50. The summed E-state index contributed by atoms with van der Waals surface area (Å²) in [7, 11) is -3.60. The van der Waals surface area contributed by atoms with E-state index in [2.05, 4.69) is 25.5 Å². The number of fused-ring (bicyclic) bond motifs is 3. The number of carbonyl (C=O) groups is 1. The Morgan fingerprint density at radius 3 is 2.69 bits per heavy atom. The third kappa shape index (κ3) is 3.34. The van der Waals surface area contributed by atoms with Gasteiger partial charge in [-0.1, -0.05) is 13.8 Å². The first kappa shape index (κ1) is 19.0. The Bertz CT molecular complexity index is 1290. The maximum atomic E-state index is 12.8. The molecule has 4 aromatic rings. The maximum absolute atomic E-state index is 12.8. The highest BCUT2D eigenvalue weighted by molar-refractivity contribution is 7.89. The molecule has 150 valence electrons. The van der Waals surface area contributed by atoms with Crippen molar-refractivity contribution >= 4 is 43.9 Å². The minimum atomic E-state index is -3.60. The van der Waals surface area contributed by atoms with Crippen LogP contribution in [0.1, 0.15) is 24.4 Å². The lowest BCUT2D eigenvalue weighted by molar-refractivity contribution is 0.0995. The first-order valence-electron chi connectivity index (χ1n) is 8.95. The summed E-state index contributed by atoms with van der Waals surface area (Å²) in [5.74, 6) is -0.377. The quantitative estimate of drug-likeness (QED) is 0.495. The largest absolute Gasteiger partial charge is 0.459 e. The molecule has 29 heavy (non-hydrogen) atoms. The highest BCUT2D eigenvalue weighted by Gasteiger charge is 2.23. The van der Waals surface area contributed by atoms with Crippen molar-refractivity contribution in [1.29, 1.82) is 0 Å². The van der Waals surface area contributed by atoms with E-state index in [4.69, 9.17) is 4.42 Å². The number of aromatic nitrogens is 4. The van der Waals surface area contributed by atoms with Gasteiger partial charge in [0.05, 0.1) is 11.2 Å². The summed E-state index contributed by atoms with van der Waals surface area (Å²) in [6.45, 7) is 4.34. The van der Waals surface area contributed by atoms with E-state index in [9.17, 15) is 13.2 Å². The molecule has 2 N–H and O–H groups in total. The second-order valence-corrected chi connectivity index (χ2v) is 8.12. The van der Waals surface area contributed by atoms with E-state index >= 15 is 0 Å². The van der Waals surface area contributed by atoms with Gasteiger partial charge in [0.2, 0.25) is 10.0 Å². The van der Waals surface area contributed by atoms with Crippen LogP contribution >= 0.6 is 0 Å². The lowest BCUT2D eigenvalue weighted by Crippen LogP contribution is -2.30. The molecule has 0 saturated carbocycles. The molecular weight excluding hydrogens is 396 g/mol. The molecule has 0 spiro atoms. The fourth-order valence-corrected chi connectivity index (χ4v) is 4.53. The van der Waals surface area contributed by atoms with E-state index in [0.29, 0.717) is 35.2 Å². The molecule has 0 aliphatic heterocycles. The average molecular weight is 414 g/mol. The Morgan fingerprint density at radius 1 is 1.21 bits per heavy atom. The number of amides is 1. The number of nitrogens with one attached hydrogen (secondary N) is 2. The molecule has 11 heteroatoms. The molecule has 0 atom stereocenters. The summed E-state index contributed by atoms with van der Waals surface area (Å²) in [5, 5.41) is 11.1. The number of rotatable bonds is 6. The molecule has 1 amide bonds. The molecule has 3 heterocycles. The zero-order valence-electron chi connectivity index (χ0n) is 15.7. The number of carbonyl (C=O) groups excluding carboxylic acids is 1. The van der Waals surface area contributed by atoms with Crippen molar-refractivity contribution < 1.29 is 17.6 Å². The van der Waals surface area contributed by atoms with Crippen molar-refractivity contribution in [3.05, 3.63) is 42.4 Å². The molecule has 4 rings (SSSR count). The number of aromatic amines is 1. The van der Waals surface area contributed by atoms with Crippen LogP contribution in [0.4, 0.5) is 5.95 Å². The predicted octanol–water partition coefficient (Wildman–Crippen LogP) is 2.38. The number of hydrogen-bond acceptors (Lipinski definition) is 7. The highest BCUT2D eigenvalue weighted by Crippen LogP contribution is 2.27. The minimum absolute atomic E-state index is 0.00134. The van der Waals surface area contributed by atoms with Gasteiger partial charge in [0, 0.05) is 24.0 Å². The molecule has 0 fully saturated rings. The van der Waals surface area contributed by atoms with E-state index in [0.717, 1.165) is 0 Å². The van der Waals surface area contributed by atoms with Gasteiger partial charge in [-0.15, -0.1) is 10.2 Å². The molecule has 1 aromatic carbocycles. The zero-order valence-corrected chi connectivity index (χ0v) is 16.5. The van der Waals surface area contributed by atoms with Crippen LogP contribution in [0.3, 0.4) is 0 Å². The van der Waals surface area contributed by atoms with Crippen LogP contribution < -0.4 is 5.32 Å². The van der Waals surface area contributed by atoms with Gasteiger partial charge in [0.15, 0.2) is 11.4 Å². The van der Waals surface area contributed by atoms with E-state index in [1.165, 1.54) is 16.6 Å². The summed E-state index contributed by atoms with van der Waals surface area (Å²) >= 11 is 0. The van der Waals surface area contributed by atoms with Crippen LogP contribution in [0.15, 0.2) is 45.9 Å². The van der Waals surface area contributed by atoms with Gasteiger partial charge in [-0.05, 0) is 30.3 Å². The van der Waals surface area contributed by atoms with Crippen LogP contribution in [0, 0.1) is 0 Å². The van der Waals surface area contributed by atoms with E-state index < -0.39 is 15.9 Å². The van der Waals surface area contributed by atoms with Crippen molar-refractivity contribution in [2.75, 3.05) is 18.4 Å². The smallest absolute Gasteiger partial charge is 0.293 e. The van der Waals surface area contributed by atoms with Gasteiger partial charge in [0.1, 0.15) is 5.52 Å². The highest BCUT2D eigenvalue weighted by atomic mass is 32.2. The number of hydrogen-bond donors (Lipinski definition) is 2. The monoisotopic (exact) mass is 414 g/mol. The number of benzene rings is 1. The van der Waals surface area contributed by atoms with Crippen molar-refractivity contribution in [3.8, 4) is 0 Å². The Balaban J connectivity index is 1.73. The van der Waals surface area contributed by atoms with Crippen LogP contribution in [0.2, 0.25) is 0 Å². The fraction of sp³-hybridized carbons (Fsp3) is 0.222. The number of nitrogens with zero attached hydrogens (tertiary/aromatic N) is 4. The molecule has 10 nitrogen and oxygen atoms in total. The van der Waals surface area contributed by atoms with Gasteiger partial charge in [-0.2, -0.15) is 9.29 Å². The van der Waals surface area contributed by atoms with Gasteiger partial charge in [0.25, 0.3) is 11.9 Å². The standard InChI is InChI=1S/C18H18N6O4S/c1-3-24(4-2)29(26,27)11-7-8-13-12(10-11)15-16(19-13)20-18(23-22-15)21-17(25)14-6-5-9-28-14/h5-10H,3-4H2,1-2H3,(H2,19,20,21,23,25). The Morgan fingerprint density at radius 2 is 2.00 bits per heavy atom. The second kappa shape index (κ2) is 7.26. The third-order valence-corrected chi connectivity index (χ3v) is 6.55. The van der Waals surface area contributed by atoms with Gasteiger partial charge in [-0.3, -0.25) is 10.1 Å². The topological polar surface area (TPSA) is 134 Å².